The van der Waals surface area contributed by atoms with Crippen LogP contribution in [0.5, 0.6) is 11.5 Å². The van der Waals surface area contributed by atoms with Crippen LogP contribution in [0, 0.1) is 10.1 Å². The first-order chi connectivity index (χ1) is 14.1. The molecular weight excluding hydrogens is 440 g/mol. The highest BCUT2D eigenvalue weighted by Crippen LogP contribution is 2.36. The van der Waals surface area contributed by atoms with Gasteiger partial charge in [-0.15, -0.1) is 0 Å². The molecule has 0 saturated carbocycles. The fourth-order valence-corrected chi connectivity index (χ4v) is 3.23. The van der Waals surface area contributed by atoms with Gasteiger partial charge in [0.15, 0.2) is 0 Å². The number of sulfonamides is 1. The number of nitrogens with two attached hydrogens (primary N) is 1. The third kappa shape index (κ3) is 5.72. The van der Waals surface area contributed by atoms with Crippen molar-refractivity contribution in [2.75, 3.05) is 31.4 Å². The summed E-state index contributed by atoms with van der Waals surface area (Å²) < 4.78 is 33.0. The summed E-state index contributed by atoms with van der Waals surface area (Å²) in [6.45, 7) is 0.0361. The molecule has 0 aromatic heterocycles. The highest BCUT2D eigenvalue weighted by Gasteiger charge is 2.19. The van der Waals surface area contributed by atoms with E-state index < -0.39 is 26.5 Å². The molecule has 2 aromatic carbocycles. The van der Waals surface area contributed by atoms with Crippen molar-refractivity contribution in [1.82, 2.24) is 0 Å². The van der Waals surface area contributed by atoms with Gasteiger partial charge in [-0.05, 0) is 12.1 Å². The predicted octanol–water partition coefficient (Wildman–Crippen LogP) is 2.35. The minimum absolute atomic E-state index is 0.0361. The highest BCUT2D eigenvalue weighted by atomic mass is 35.5. The topological polar surface area (TPSA) is 163 Å². The summed E-state index contributed by atoms with van der Waals surface area (Å²) in [5.41, 5.74) is -0.0933. The summed E-state index contributed by atoms with van der Waals surface area (Å²) in [5.74, 6) is 0.266. The van der Waals surface area contributed by atoms with E-state index >= 15 is 0 Å². The lowest BCUT2D eigenvalue weighted by atomic mass is 10.2. The quantitative estimate of drug-likeness (QED) is 0.380. The lowest BCUT2D eigenvalue weighted by Gasteiger charge is -2.13. The van der Waals surface area contributed by atoms with E-state index in [1.165, 1.54) is 32.4 Å². The largest absolute Gasteiger partial charge is 0.495 e. The standard InChI is InChI=1S/C17H19ClN4O7S/c1-28-15-9-13(16(29-2)8-11(15)18)21-17(23)5-6-20-12-4-3-10(30(19,26)27)7-14(12)22(24)25/h3-4,7-9,20H,5-6H2,1-2H3,(H,21,23)(H2,19,26,27). The molecule has 0 aliphatic rings. The van der Waals surface area contributed by atoms with Crippen LogP contribution in [0.25, 0.3) is 0 Å². The summed E-state index contributed by atoms with van der Waals surface area (Å²) in [5, 5.41) is 21.9. The molecule has 0 bridgehead atoms. The van der Waals surface area contributed by atoms with Crippen molar-refractivity contribution in [3.05, 3.63) is 45.5 Å². The summed E-state index contributed by atoms with van der Waals surface area (Å²) in [4.78, 5) is 22.3. The predicted molar refractivity (Wildman–Crippen MR) is 111 cm³/mol. The number of benzene rings is 2. The first-order valence-electron chi connectivity index (χ1n) is 8.33. The zero-order valence-corrected chi connectivity index (χ0v) is 17.5. The zero-order chi connectivity index (χ0) is 22.5. The number of carbonyl (C=O) groups is 1. The smallest absolute Gasteiger partial charge is 0.293 e. The Morgan fingerprint density at radius 3 is 2.40 bits per heavy atom. The van der Waals surface area contributed by atoms with Crippen LogP contribution in [0.1, 0.15) is 6.42 Å². The number of hydrogen-bond acceptors (Lipinski definition) is 8. The van der Waals surface area contributed by atoms with Gasteiger partial charge in [0.25, 0.3) is 5.69 Å². The number of nitro groups is 1. The molecular formula is C17H19ClN4O7S. The molecule has 0 heterocycles. The SMILES string of the molecule is COc1cc(NC(=O)CCNc2ccc(S(N)(=O)=O)cc2[N+](=O)[O-])c(OC)cc1Cl. The minimum Gasteiger partial charge on any atom is -0.495 e. The second kappa shape index (κ2) is 9.61. The Morgan fingerprint density at radius 1 is 1.17 bits per heavy atom. The number of nitrogens with zero attached hydrogens (tertiary/aromatic N) is 1. The van der Waals surface area contributed by atoms with Crippen LogP contribution in [-0.2, 0) is 14.8 Å². The van der Waals surface area contributed by atoms with E-state index in [4.69, 9.17) is 26.2 Å². The number of hydrogen-bond donors (Lipinski definition) is 3. The summed E-state index contributed by atoms with van der Waals surface area (Å²) >= 11 is 6.02. The van der Waals surface area contributed by atoms with Crippen molar-refractivity contribution in [2.45, 2.75) is 11.3 Å². The Balaban J connectivity index is 2.07. The van der Waals surface area contributed by atoms with Gasteiger partial charge in [0.1, 0.15) is 17.2 Å². The molecule has 1 amide bonds. The molecule has 2 aromatic rings. The van der Waals surface area contributed by atoms with E-state index in [2.05, 4.69) is 10.6 Å². The van der Waals surface area contributed by atoms with Crippen LogP contribution in [0.15, 0.2) is 35.2 Å². The molecule has 0 radical (unpaired) electrons. The maximum absolute atomic E-state index is 12.2. The van der Waals surface area contributed by atoms with Crippen molar-refractivity contribution in [1.29, 1.82) is 0 Å². The fourth-order valence-electron chi connectivity index (χ4n) is 2.47. The van der Waals surface area contributed by atoms with Crippen molar-refractivity contribution in [2.24, 2.45) is 5.14 Å². The average molecular weight is 459 g/mol. The van der Waals surface area contributed by atoms with Gasteiger partial charge in [-0.3, -0.25) is 14.9 Å². The van der Waals surface area contributed by atoms with Crippen LogP contribution < -0.4 is 25.2 Å². The van der Waals surface area contributed by atoms with Crippen molar-refractivity contribution in [3.63, 3.8) is 0 Å². The van der Waals surface area contributed by atoms with Crippen LogP contribution in [-0.4, -0.2) is 40.0 Å². The number of amides is 1. The zero-order valence-electron chi connectivity index (χ0n) is 16.0. The Hall–Kier alpha value is -3.09. The molecule has 0 spiro atoms. The number of ether oxygens (including phenoxy) is 2. The van der Waals surface area contributed by atoms with E-state index in [9.17, 15) is 23.3 Å². The maximum Gasteiger partial charge on any atom is 0.293 e. The van der Waals surface area contributed by atoms with Gasteiger partial charge in [0, 0.05) is 31.2 Å². The maximum atomic E-state index is 12.2. The van der Waals surface area contributed by atoms with E-state index in [1.807, 2.05) is 0 Å². The van der Waals surface area contributed by atoms with Crippen LogP contribution in [0.3, 0.4) is 0 Å². The highest BCUT2D eigenvalue weighted by molar-refractivity contribution is 7.89. The Morgan fingerprint density at radius 2 is 1.83 bits per heavy atom. The minimum atomic E-state index is -4.09. The summed E-state index contributed by atoms with van der Waals surface area (Å²) in [7, 11) is -1.24. The lowest BCUT2D eigenvalue weighted by molar-refractivity contribution is -0.384. The average Bonchev–Trinajstić information content (AvgIpc) is 2.68. The van der Waals surface area contributed by atoms with Gasteiger partial charge in [0.2, 0.25) is 15.9 Å². The summed E-state index contributed by atoms with van der Waals surface area (Å²) in [6, 6.07) is 6.19. The normalized spacial score (nSPS) is 10.9. The van der Waals surface area contributed by atoms with Gasteiger partial charge in [-0.1, -0.05) is 11.6 Å². The number of rotatable bonds is 9. The molecule has 162 valence electrons. The summed E-state index contributed by atoms with van der Waals surface area (Å²) in [6.07, 6.45) is -0.0534. The van der Waals surface area contributed by atoms with Gasteiger partial charge >= 0.3 is 0 Å². The molecule has 30 heavy (non-hydrogen) atoms. The molecule has 11 nitrogen and oxygen atoms in total. The molecule has 2 rings (SSSR count). The molecule has 0 aliphatic carbocycles. The molecule has 0 fully saturated rings. The number of halogens is 1. The number of nitrogens with one attached hydrogen (secondary N) is 2. The van der Waals surface area contributed by atoms with Crippen LogP contribution in [0.2, 0.25) is 5.02 Å². The van der Waals surface area contributed by atoms with Gasteiger partial charge in [-0.2, -0.15) is 0 Å². The molecule has 0 atom stereocenters. The third-order valence-corrected chi connectivity index (χ3v) is 5.12. The molecule has 0 saturated heterocycles. The second-order valence-electron chi connectivity index (χ2n) is 5.89. The van der Waals surface area contributed by atoms with E-state index in [0.717, 1.165) is 12.1 Å². The molecule has 4 N–H and O–H groups in total. The second-order valence-corrected chi connectivity index (χ2v) is 7.86. The first kappa shape index (κ1) is 23.2. The Labute approximate surface area is 177 Å². The first-order valence-corrected chi connectivity index (χ1v) is 10.3. The van der Waals surface area contributed by atoms with Crippen LogP contribution in [0.4, 0.5) is 17.1 Å². The fraction of sp³-hybridized carbons (Fsp3) is 0.235. The number of nitro benzene ring substituents is 1. The van der Waals surface area contributed by atoms with Crippen LogP contribution >= 0.6 is 11.6 Å². The Bertz CT molecular complexity index is 1080. The number of carbonyl (C=O) groups excluding carboxylic acids is 1. The number of anilines is 2. The Kier molecular flexibility index (Phi) is 7.43. The number of primary sulfonamides is 1. The van der Waals surface area contributed by atoms with E-state index in [0.29, 0.717) is 22.2 Å². The third-order valence-electron chi connectivity index (χ3n) is 3.91. The van der Waals surface area contributed by atoms with Gasteiger partial charge < -0.3 is 20.1 Å². The lowest BCUT2D eigenvalue weighted by Crippen LogP contribution is -2.17. The van der Waals surface area contributed by atoms with Crippen molar-refractivity contribution < 1.29 is 27.6 Å². The monoisotopic (exact) mass is 458 g/mol. The molecule has 0 aliphatic heterocycles. The van der Waals surface area contributed by atoms with E-state index in [-0.39, 0.29) is 23.5 Å². The van der Waals surface area contributed by atoms with E-state index in [1.54, 1.807) is 0 Å². The van der Waals surface area contributed by atoms with Crippen molar-refractivity contribution >= 4 is 44.6 Å². The van der Waals surface area contributed by atoms with Crippen molar-refractivity contribution in [3.8, 4) is 11.5 Å². The molecule has 13 heteroatoms. The van der Waals surface area contributed by atoms with Gasteiger partial charge in [-0.25, -0.2) is 13.6 Å². The molecule has 0 unspecified atom stereocenters. The van der Waals surface area contributed by atoms with Gasteiger partial charge in [0.05, 0.1) is 34.7 Å². The number of methoxy groups -OCH3 is 2.